The van der Waals surface area contributed by atoms with Gasteiger partial charge in [0.15, 0.2) is 11.7 Å². The molecule has 1 aromatic rings. The molecule has 14 heavy (non-hydrogen) atoms. The molecule has 0 N–H and O–H groups in total. The first-order chi connectivity index (χ1) is 6.84. The summed E-state index contributed by atoms with van der Waals surface area (Å²) < 4.78 is 0. The number of fused-ring (bicyclic) bond motifs is 3. The van der Waals surface area contributed by atoms with E-state index in [4.69, 9.17) is 0 Å². The number of hydrogen-bond donors (Lipinski definition) is 0. The van der Waals surface area contributed by atoms with Gasteiger partial charge in [-0.2, -0.15) is 4.99 Å². The average Bonchev–Trinajstić information content (AvgIpc) is 2.59. The van der Waals surface area contributed by atoms with Gasteiger partial charge in [0.2, 0.25) is 0 Å². The molecular weight excluding hydrogens is 180 g/mol. The fourth-order valence-corrected chi connectivity index (χ4v) is 1.56. The van der Waals surface area contributed by atoms with Crippen molar-refractivity contribution in [1.82, 2.24) is 4.98 Å². The standard InChI is InChI=1S/C9H6N4O/c14-8-5-13-6-2-1-3-10-9(6)11-4-7(13)12-8/h1-4H,5H2. The fourth-order valence-electron chi connectivity index (χ4n) is 1.56. The average molecular weight is 186 g/mol. The molecule has 0 fully saturated rings. The highest BCUT2D eigenvalue weighted by Gasteiger charge is 2.27. The lowest BCUT2D eigenvalue weighted by Gasteiger charge is -2.21. The maximum Gasteiger partial charge on any atom is 0.267 e. The summed E-state index contributed by atoms with van der Waals surface area (Å²) in [6.07, 6.45) is 3.25. The Morgan fingerprint density at radius 1 is 1.43 bits per heavy atom. The van der Waals surface area contributed by atoms with Crippen molar-refractivity contribution in [1.29, 1.82) is 0 Å². The van der Waals surface area contributed by atoms with E-state index < -0.39 is 0 Å². The summed E-state index contributed by atoms with van der Waals surface area (Å²) in [5.41, 5.74) is 0.847. The van der Waals surface area contributed by atoms with E-state index >= 15 is 0 Å². The van der Waals surface area contributed by atoms with Crippen LogP contribution in [0.3, 0.4) is 0 Å². The molecule has 3 heterocycles. The molecule has 3 rings (SSSR count). The number of hydrogen-bond acceptors (Lipinski definition) is 4. The summed E-state index contributed by atoms with van der Waals surface area (Å²) >= 11 is 0. The second-order valence-corrected chi connectivity index (χ2v) is 3.05. The van der Waals surface area contributed by atoms with Gasteiger partial charge in [0.05, 0.1) is 11.9 Å². The van der Waals surface area contributed by atoms with E-state index in [1.165, 1.54) is 0 Å². The zero-order valence-corrected chi connectivity index (χ0v) is 7.21. The summed E-state index contributed by atoms with van der Waals surface area (Å²) in [7, 11) is 0. The number of anilines is 1. The number of carbonyl (C=O) groups is 1. The molecule has 5 nitrogen and oxygen atoms in total. The predicted octanol–water partition coefficient (Wildman–Crippen LogP) is 0.543. The predicted molar refractivity (Wildman–Crippen MR) is 52.2 cm³/mol. The van der Waals surface area contributed by atoms with Gasteiger partial charge in [-0.25, -0.2) is 9.98 Å². The van der Waals surface area contributed by atoms with Crippen molar-refractivity contribution >= 4 is 29.5 Å². The Bertz CT molecular complexity index is 477. The van der Waals surface area contributed by atoms with Gasteiger partial charge in [0, 0.05) is 6.20 Å². The maximum atomic E-state index is 11.1. The summed E-state index contributed by atoms with van der Waals surface area (Å²) in [5.74, 6) is 1.11. The van der Waals surface area contributed by atoms with Crippen molar-refractivity contribution in [3.8, 4) is 0 Å². The summed E-state index contributed by atoms with van der Waals surface area (Å²) in [5, 5.41) is 0. The minimum atomic E-state index is -0.136. The van der Waals surface area contributed by atoms with Crippen LogP contribution in [0.25, 0.3) is 0 Å². The van der Waals surface area contributed by atoms with Crippen LogP contribution in [-0.2, 0) is 4.79 Å². The van der Waals surface area contributed by atoms with Crippen LogP contribution in [0.4, 0.5) is 11.5 Å². The van der Waals surface area contributed by atoms with Crippen molar-refractivity contribution in [2.75, 3.05) is 11.4 Å². The number of aromatic nitrogens is 1. The number of aliphatic imine (C=N–C) groups is 2. The topological polar surface area (TPSA) is 57.9 Å². The first-order valence-electron chi connectivity index (χ1n) is 4.23. The Morgan fingerprint density at radius 2 is 2.36 bits per heavy atom. The normalized spacial score (nSPS) is 17.9. The third-order valence-corrected chi connectivity index (χ3v) is 2.17. The van der Waals surface area contributed by atoms with Crippen LogP contribution in [0.15, 0.2) is 28.3 Å². The lowest BCUT2D eigenvalue weighted by Crippen LogP contribution is -2.31. The first-order valence-corrected chi connectivity index (χ1v) is 4.23. The Labute approximate surface area is 79.8 Å². The Hall–Kier alpha value is -2.04. The summed E-state index contributed by atoms with van der Waals surface area (Å²) in [6, 6.07) is 3.70. The number of carbonyl (C=O) groups excluding carboxylic acids is 1. The van der Waals surface area contributed by atoms with Gasteiger partial charge in [-0.05, 0) is 12.1 Å². The van der Waals surface area contributed by atoms with Crippen molar-refractivity contribution < 1.29 is 4.79 Å². The molecule has 1 aromatic heterocycles. The Kier molecular flexibility index (Phi) is 1.30. The second kappa shape index (κ2) is 2.47. The molecular formula is C9H6N4O. The molecule has 0 atom stereocenters. The quantitative estimate of drug-likeness (QED) is 0.594. The van der Waals surface area contributed by atoms with E-state index in [0.717, 1.165) is 5.69 Å². The van der Waals surface area contributed by atoms with Gasteiger partial charge in [-0.15, -0.1) is 0 Å². The highest BCUT2D eigenvalue weighted by Crippen LogP contribution is 2.30. The zero-order valence-electron chi connectivity index (χ0n) is 7.21. The van der Waals surface area contributed by atoms with E-state index in [2.05, 4.69) is 15.0 Å². The SMILES string of the molecule is O=C1CN2C(=N1)C=Nc1ncccc12. The number of nitrogens with zero attached hydrogens (tertiary/aromatic N) is 4. The van der Waals surface area contributed by atoms with Crippen LogP contribution < -0.4 is 4.90 Å². The van der Waals surface area contributed by atoms with E-state index in [1.54, 1.807) is 12.4 Å². The monoisotopic (exact) mass is 186 g/mol. The van der Waals surface area contributed by atoms with Crippen molar-refractivity contribution in [3.63, 3.8) is 0 Å². The number of pyridine rings is 1. The summed E-state index contributed by atoms with van der Waals surface area (Å²) in [4.78, 5) is 25.0. The molecule has 0 spiro atoms. The molecule has 0 saturated heterocycles. The van der Waals surface area contributed by atoms with Gasteiger partial charge in [-0.1, -0.05) is 0 Å². The maximum absolute atomic E-state index is 11.1. The molecule has 68 valence electrons. The molecule has 0 saturated carbocycles. The van der Waals surface area contributed by atoms with Crippen molar-refractivity contribution in [2.24, 2.45) is 9.98 Å². The molecule has 2 aliphatic heterocycles. The van der Waals surface area contributed by atoms with Gasteiger partial charge in [0.1, 0.15) is 6.54 Å². The van der Waals surface area contributed by atoms with Gasteiger partial charge in [0.25, 0.3) is 5.91 Å². The van der Waals surface area contributed by atoms with E-state index in [0.29, 0.717) is 18.2 Å². The van der Waals surface area contributed by atoms with Gasteiger partial charge < -0.3 is 4.90 Å². The fraction of sp³-hybridized carbons (Fsp3) is 0.111. The molecule has 0 aromatic carbocycles. The van der Waals surface area contributed by atoms with Crippen LogP contribution in [0, 0.1) is 0 Å². The van der Waals surface area contributed by atoms with Crippen molar-refractivity contribution in [3.05, 3.63) is 18.3 Å². The minimum Gasteiger partial charge on any atom is -0.312 e. The van der Waals surface area contributed by atoms with Gasteiger partial charge >= 0.3 is 0 Å². The van der Waals surface area contributed by atoms with Crippen molar-refractivity contribution in [2.45, 2.75) is 0 Å². The highest BCUT2D eigenvalue weighted by atomic mass is 16.2. The smallest absolute Gasteiger partial charge is 0.267 e. The van der Waals surface area contributed by atoms with Gasteiger partial charge in [-0.3, -0.25) is 4.79 Å². The highest BCUT2D eigenvalue weighted by molar-refractivity contribution is 6.42. The van der Waals surface area contributed by atoms with Crippen LogP contribution in [0.5, 0.6) is 0 Å². The lowest BCUT2D eigenvalue weighted by atomic mass is 10.3. The number of rotatable bonds is 0. The Balaban J connectivity index is 2.19. The van der Waals surface area contributed by atoms with Crippen LogP contribution >= 0.6 is 0 Å². The Morgan fingerprint density at radius 3 is 3.29 bits per heavy atom. The summed E-state index contributed by atoms with van der Waals surface area (Å²) in [6.45, 7) is 0.292. The van der Waals surface area contributed by atoms with E-state index in [9.17, 15) is 4.79 Å². The number of amidine groups is 1. The van der Waals surface area contributed by atoms with E-state index in [-0.39, 0.29) is 5.91 Å². The first kappa shape index (κ1) is 7.37. The molecule has 0 radical (unpaired) electrons. The molecule has 0 unspecified atom stereocenters. The molecule has 1 amide bonds. The van der Waals surface area contributed by atoms with Crippen LogP contribution in [0.2, 0.25) is 0 Å². The van der Waals surface area contributed by atoms with E-state index in [1.807, 2.05) is 17.0 Å². The molecule has 2 aliphatic rings. The number of amides is 1. The third-order valence-electron chi connectivity index (χ3n) is 2.17. The zero-order chi connectivity index (χ0) is 9.54. The molecule has 5 heteroatoms. The molecule has 0 aliphatic carbocycles. The lowest BCUT2D eigenvalue weighted by molar-refractivity contribution is -0.115. The largest absolute Gasteiger partial charge is 0.312 e. The van der Waals surface area contributed by atoms with Crippen LogP contribution in [-0.4, -0.2) is 29.5 Å². The van der Waals surface area contributed by atoms with Crippen LogP contribution in [0.1, 0.15) is 0 Å². The second-order valence-electron chi connectivity index (χ2n) is 3.05. The minimum absolute atomic E-state index is 0.136. The third kappa shape index (κ3) is 0.891. The molecule has 0 bridgehead atoms.